The molecule has 0 fully saturated rings. The molecular weight excluding hydrogens is 270 g/mol. The maximum absolute atomic E-state index is 11.8. The third-order valence-corrected chi connectivity index (χ3v) is 3.06. The molecule has 0 N–H and O–H groups in total. The average Bonchev–Trinajstić information content (AvgIpc) is 2.35. The molecule has 0 amide bonds. The SMILES string of the molecule is COc1ccn2c(=O)cc(COS(C)(=O)=O)cc2c1. The van der Waals surface area contributed by atoms with Gasteiger partial charge in [0, 0.05) is 18.3 Å². The Hall–Kier alpha value is -1.86. The zero-order valence-corrected chi connectivity index (χ0v) is 11.3. The van der Waals surface area contributed by atoms with E-state index in [0.717, 1.165) is 6.26 Å². The molecule has 102 valence electrons. The van der Waals surface area contributed by atoms with E-state index in [1.165, 1.54) is 17.6 Å². The number of fused-ring (bicyclic) bond motifs is 1. The van der Waals surface area contributed by atoms with Crippen molar-refractivity contribution >= 4 is 15.6 Å². The highest BCUT2D eigenvalue weighted by atomic mass is 32.2. The lowest BCUT2D eigenvalue weighted by Gasteiger charge is -2.06. The van der Waals surface area contributed by atoms with Crippen molar-refractivity contribution in [1.82, 2.24) is 4.40 Å². The average molecular weight is 283 g/mol. The molecule has 2 aromatic heterocycles. The third kappa shape index (κ3) is 3.33. The Bertz CT molecular complexity index is 763. The van der Waals surface area contributed by atoms with Gasteiger partial charge in [-0.3, -0.25) is 13.4 Å². The fourth-order valence-electron chi connectivity index (χ4n) is 1.65. The van der Waals surface area contributed by atoms with Crippen molar-refractivity contribution in [3.8, 4) is 5.75 Å². The summed E-state index contributed by atoms with van der Waals surface area (Å²) in [7, 11) is -2.01. The molecule has 2 aromatic rings. The van der Waals surface area contributed by atoms with Crippen LogP contribution in [0.2, 0.25) is 0 Å². The van der Waals surface area contributed by atoms with Crippen molar-refractivity contribution in [3.63, 3.8) is 0 Å². The molecule has 0 atom stereocenters. The molecule has 0 aliphatic carbocycles. The Balaban J connectivity index is 2.44. The number of hydrogen-bond acceptors (Lipinski definition) is 5. The van der Waals surface area contributed by atoms with Crippen molar-refractivity contribution < 1.29 is 17.3 Å². The van der Waals surface area contributed by atoms with Crippen LogP contribution in [0.5, 0.6) is 5.75 Å². The van der Waals surface area contributed by atoms with Crippen LogP contribution in [0.15, 0.2) is 35.3 Å². The number of aromatic nitrogens is 1. The molecule has 0 radical (unpaired) electrons. The second-order valence-electron chi connectivity index (χ2n) is 4.03. The molecule has 0 spiro atoms. The minimum Gasteiger partial charge on any atom is -0.497 e. The minimum atomic E-state index is -3.53. The fourth-order valence-corrected chi connectivity index (χ4v) is 2.00. The highest BCUT2D eigenvalue weighted by Gasteiger charge is 2.06. The molecule has 7 heteroatoms. The molecule has 2 heterocycles. The largest absolute Gasteiger partial charge is 0.497 e. The highest BCUT2D eigenvalue weighted by Crippen LogP contribution is 2.14. The van der Waals surface area contributed by atoms with Gasteiger partial charge in [0.05, 0.1) is 25.5 Å². The van der Waals surface area contributed by atoms with Crippen LogP contribution >= 0.6 is 0 Å². The number of hydrogen-bond donors (Lipinski definition) is 0. The van der Waals surface area contributed by atoms with Gasteiger partial charge in [0.1, 0.15) is 5.75 Å². The van der Waals surface area contributed by atoms with E-state index in [1.54, 1.807) is 24.4 Å². The maximum atomic E-state index is 11.8. The molecule has 0 aliphatic rings. The molecule has 19 heavy (non-hydrogen) atoms. The first-order valence-electron chi connectivity index (χ1n) is 5.43. The van der Waals surface area contributed by atoms with Gasteiger partial charge in [-0.25, -0.2) is 0 Å². The quantitative estimate of drug-likeness (QED) is 0.775. The Morgan fingerprint density at radius 1 is 1.26 bits per heavy atom. The van der Waals surface area contributed by atoms with Crippen molar-refractivity contribution in [1.29, 1.82) is 0 Å². The van der Waals surface area contributed by atoms with Crippen LogP contribution in [0.3, 0.4) is 0 Å². The van der Waals surface area contributed by atoms with Gasteiger partial charge in [-0.15, -0.1) is 0 Å². The van der Waals surface area contributed by atoms with Crippen LogP contribution in [-0.2, 0) is 20.9 Å². The fraction of sp³-hybridized carbons (Fsp3) is 0.250. The van der Waals surface area contributed by atoms with Crippen LogP contribution < -0.4 is 10.3 Å². The molecule has 0 aromatic carbocycles. The third-order valence-electron chi connectivity index (χ3n) is 2.51. The molecule has 0 aliphatic heterocycles. The first-order chi connectivity index (χ1) is 8.89. The van der Waals surface area contributed by atoms with E-state index >= 15 is 0 Å². The van der Waals surface area contributed by atoms with E-state index in [-0.39, 0.29) is 12.2 Å². The summed E-state index contributed by atoms with van der Waals surface area (Å²) in [4.78, 5) is 11.8. The minimum absolute atomic E-state index is 0.165. The van der Waals surface area contributed by atoms with Gasteiger partial charge in [0.2, 0.25) is 0 Å². The van der Waals surface area contributed by atoms with E-state index in [2.05, 4.69) is 4.18 Å². The van der Waals surface area contributed by atoms with Crippen molar-refractivity contribution in [3.05, 3.63) is 46.4 Å². The van der Waals surface area contributed by atoms with Gasteiger partial charge in [-0.2, -0.15) is 8.42 Å². The summed E-state index contributed by atoms with van der Waals surface area (Å²) in [6, 6.07) is 6.37. The first-order valence-corrected chi connectivity index (χ1v) is 7.24. The van der Waals surface area contributed by atoms with Gasteiger partial charge in [0.25, 0.3) is 15.7 Å². The lowest BCUT2D eigenvalue weighted by molar-refractivity contribution is 0.311. The van der Waals surface area contributed by atoms with Crippen molar-refractivity contribution in [2.45, 2.75) is 6.61 Å². The standard InChI is InChI=1S/C12H13NO5S/c1-17-11-3-4-13-10(7-11)5-9(6-12(13)14)8-18-19(2,15)16/h3-7H,8H2,1-2H3. The zero-order chi connectivity index (χ0) is 14.0. The predicted molar refractivity (Wildman–Crippen MR) is 69.9 cm³/mol. The number of pyridine rings is 2. The summed E-state index contributed by atoms with van der Waals surface area (Å²) >= 11 is 0. The van der Waals surface area contributed by atoms with E-state index < -0.39 is 10.1 Å². The molecule has 0 unspecified atom stereocenters. The van der Waals surface area contributed by atoms with Crippen LogP contribution in [0.1, 0.15) is 5.56 Å². The van der Waals surface area contributed by atoms with Gasteiger partial charge in [-0.05, 0) is 17.7 Å². The van der Waals surface area contributed by atoms with E-state index in [1.807, 2.05) is 0 Å². The lowest BCUT2D eigenvalue weighted by atomic mass is 10.2. The van der Waals surface area contributed by atoms with Gasteiger partial charge >= 0.3 is 0 Å². The number of nitrogens with zero attached hydrogens (tertiary/aromatic N) is 1. The molecular formula is C12H13NO5S. The summed E-state index contributed by atoms with van der Waals surface area (Å²) in [6.07, 6.45) is 2.56. The number of ether oxygens (including phenoxy) is 1. The first kappa shape index (κ1) is 13.6. The van der Waals surface area contributed by atoms with Crippen molar-refractivity contribution in [2.75, 3.05) is 13.4 Å². The summed E-state index contributed by atoms with van der Waals surface area (Å²) in [5, 5.41) is 0. The molecule has 6 nitrogen and oxygen atoms in total. The second kappa shape index (κ2) is 5.02. The number of methoxy groups -OCH3 is 1. The summed E-state index contributed by atoms with van der Waals surface area (Å²) in [5.74, 6) is 0.612. The normalized spacial score (nSPS) is 11.7. The molecule has 2 rings (SSSR count). The van der Waals surface area contributed by atoms with Gasteiger partial charge in [-0.1, -0.05) is 0 Å². The van der Waals surface area contributed by atoms with Crippen LogP contribution in [0.4, 0.5) is 0 Å². The Morgan fingerprint density at radius 3 is 2.63 bits per heavy atom. The van der Waals surface area contributed by atoms with E-state index in [4.69, 9.17) is 4.74 Å². The zero-order valence-electron chi connectivity index (χ0n) is 10.5. The van der Waals surface area contributed by atoms with Crippen LogP contribution in [0.25, 0.3) is 5.52 Å². The highest BCUT2D eigenvalue weighted by molar-refractivity contribution is 7.85. The Morgan fingerprint density at radius 2 is 2.00 bits per heavy atom. The van der Waals surface area contributed by atoms with Crippen LogP contribution in [0, 0.1) is 0 Å². The van der Waals surface area contributed by atoms with Gasteiger partial charge in [0.15, 0.2) is 0 Å². The second-order valence-corrected chi connectivity index (χ2v) is 5.67. The Kier molecular flexibility index (Phi) is 3.59. The monoisotopic (exact) mass is 283 g/mol. The molecule has 0 bridgehead atoms. The van der Waals surface area contributed by atoms with Crippen molar-refractivity contribution in [2.24, 2.45) is 0 Å². The van der Waals surface area contributed by atoms with Crippen LogP contribution in [-0.4, -0.2) is 26.2 Å². The topological polar surface area (TPSA) is 74.1 Å². The predicted octanol–water partition coefficient (Wildman–Crippen LogP) is 0.784. The van der Waals surface area contributed by atoms with E-state index in [9.17, 15) is 13.2 Å². The summed E-state index contributed by atoms with van der Waals surface area (Å²) in [6.45, 7) is -0.165. The van der Waals surface area contributed by atoms with Gasteiger partial charge < -0.3 is 4.74 Å². The number of rotatable bonds is 4. The summed E-state index contributed by atoms with van der Waals surface area (Å²) in [5.41, 5.74) is 0.842. The maximum Gasteiger partial charge on any atom is 0.264 e. The van der Waals surface area contributed by atoms with E-state index in [0.29, 0.717) is 16.8 Å². The Labute approximate surface area is 110 Å². The lowest BCUT2D eigenvalue weighted by Crippen LogP contribution is -2.14. The molecule has 0 saturated carbocycles. The summed E-state index contributed by atoms with van der Waals surface area (Å²) < 4.78 is 33.0. The molecule has 0 saturated heterocycles. The smallest absolute Gasteiger partial charge is 0.264 e.